The molecular weight excluding hydrogens is 246 g/mol. The van der Waals surface area contributed by atoms with Crippen LogP contribution in [0.25, 0.3) is 0 Å². The number of nitrogens with zero attached hydrogens (tertiary/aromatic N) is 1. The van der Waals surface area contributed by atoms with Crippen LogP contribution in [-0.2, 0) is 6.42 Å². The second kappa shape index (κ2) is 5.64. The van der Waals surface area contributed by atoms with Gasteiger partial charge in [-0.2, -0.15) is 11.3 Å². The van der Waals surface area contributed by atoms with E-state index in [1.807, 2.05) is 12.3 Å². The van der Waals surface area contributed by atoms with Crippen LogP contribution in [0.2, 0.25) is 0 Å². The Kier molecular flexibility index (Phi) is 3.94. The Hall–Kier alpha value is -1.88. The van der Waals surface area contributed by atoms with Crippen LogP contribution >= 0.6 is 11.3 Å². The highest BCUT2D eigenvalue weighted by atomic mass is 32.1. The lowest BCUT2D eigenvalue weighted by atomic mass is 10.1. The summed E-state index contributed by atoms with van der Waals surface area (Å²) >= 11 is 1.66. The molecule has 2 aromatic heterocycles. The van der Waals surface area contributed by atoms with Crippen molar-refractivity contribution >= 4 is 23.1 Å². The number of carbonyl (C=O) groups excluding carboxylic acids is 1. The monoisotopic (exact) mass is 261 g/mol. The van der Waals surface area contributed by atoms with Crippen molar-refractivity contribution in [3.05, 3.63) is 46.3 Å². The average Bonchev–Trinajstić information content (AvgIpc) is 2.81. The summed E-state index contributed by atoms with van der Waals surface area (Å²) in [7, 11) is 0. The lowest BCUT2D eigenvalue weighted by Gasteiger charge is -2.12. The normalized spacial score (nSPS) is 12.1. The molecule has 0 aliphatic heterocycles. The quantitative estimate of drug-likeness (QED) is 0.885. The predicted molar refractivity (Wildman–Crippen MR) is 73.6 cm³/mol. The van der Waals surface area contributed by atoms with Gasteiger partial charge in [0.1, 0.15) is 11.5 Å². The maximum absolute atomic E-state index is 11.9. The van der Waals surface area contributed by atoms with Crippen LogP contribution in [0.5, 0.6) is 0 Å². The number of carbonyl (C=O) groups is 1. The molecule has 1 atom stereocenters. The lowest BCUT2D eigenvalue weighted by molar-refractivity contribution is 0.0935. The summed E-state index contributed by atoms with van der Waals surface area (Å²) in [5.74, 6) is 0.165. The highest BCUT2D eigenvalue weighted by molar-refractivity contribution is 7.07. The Labute approximate surface area is 110 Å². The molecular formula is C13H15N3OS. The number of nitrogen functional groups attached to an aromatic ring is 1. The molecule has 0 aromatic carbocycles. The number of aromatic nitrogens is 1. The van der Waals surface area contributed by atoms with Crippen molar-refractivity contribution in [3.8, 4) is 0 Å². The van der Waals surface area contributed by atoms with E-state index in [1.54, 1.807) is 29.5 Å². The molecule has 5 heteroatoms. The van der Waals surface area contributed by atoms with Crippen LogP contribution in [0.3, 0.4) is 0 Å². The Morgan fingerprint density at radius 3 is 3.00 bits per heavy atom. The zero-order valence-electron chi connectivity index (χ0n) is 10.1. The second-order valence-corrected chi connectivity index (χ2v) is 4.94. The maximum Gasteiger partial charge on any atom is 0.270 e. The molecule has 3 N–H and O–H groups in total. The van der Waals surface area contributed by atoms with Crippen molar-refractivity contribution < 1.29 is 4.79 Å². The summed E-state index contributed by atoms with van der Waals surface area (Å²) in [6.45, 7) is 1.97. The van der Waals surface area contributed by atoms with Crippen LogP contribution in [0, 0.1) is 0 Å². The van der Waals surface area contributed by atoms with Crippen LogP contribution < -0.4 is 11.1 Å². The summed E-state index contributed by atoms with van der Waals surface area (Å²) in [5, 5.41) is 7.03. The van der Waals surface area contributed by atoms with E-state index in [0.29, 0.717) is 11.5 Å². The number of nitrogens with one attached hydrogen (secondary N) is 1. The number of rotatable bonds is 4. The Balaban J connectivity index is 1.95. The summed E-state index contributed by atoms with van der Waals surface area (Å²) in [6.07, 6.45) is 0.817. The first-order valence-electron chi connectivity index (χ1n) is 5.69. The van der Waals surface area contributed by atoms with Gasteiger partial charge in [-0.25, -0.2) is 4.98 Å². The Morgan fingerprint density at radius 1 is 1.50 bits per heavy atom. The number of thiophene rings is 1. The van der Waals surface area contributed by atoms with Gasteiger partial charge in [-0.15, -0.1) is 0 Å². The smallest absolute Gasteiger partial charge is 0.270 e. The van der Waals surface area contributed by atoms with Crippen LogP contribution in [0.15, 0.2) is 35.0 Å². The summed E-state index contributed by atoms with van der Waals surface area (Å²) < 4.78 is 0. The molecule has 0 aliphatic carbocycles. The number of nitrogens with two attached hydrogens (primary N) is 1. The van der Waals surface area contributed by atoms with E-state index in [-0.39, 0.29) is 11.9 Å². The van der Waals surface area contributed by atoms with E-state index in [2.05, 4.69) is 21.7 Å². The third kappa shape index (κ3) is 3.30. The zero-order valence-corrected chi connectivity index (χ0v) is 10.9. The summed E-state index contributed by atoms with van der Waals surface area (Å²) in [4.78, 5) is 15.9. The minimum absolute atomic E-state index is 0.0651. The highest BCUT2D eigenvalue weighted by Crippen LogP contribution is 2.09. The first-order chi connectivity index (χ1) is 8.65. The molecule has 2 rings (SSSR count). The lowest BCUT2D eigenvalue weighted by Crippen LogP contribution is -2.34. The third-order valence-corrected chi connectivity index (χ3v) is 3.23. The van der Waals surface area contributed by atoms with E-state index < -0.39 is 0 Å². The largest absolute Gasteiger partial charge is 0.384 e. The van der Waals surface area contributed by atoms with Crippen LogP contribution in [0.1, 0.15) is 23.0 Å². The molecule has 4 nitrogen and oxygen atoms in total. The van der Waals surface area contributed by atoms with Gasteiger partial charge in [0, 0.05) is 6.04 Å². The van der Waals surface area contributed by atoms with Gasteiger partial charge in [-0.3, -0.25) is 4.79 Å². The number of pyridine rings is 1. The molecule has 94 valence electrons. The predicted octanol–water partition coefficient (Wildman–Crippen LogP) is 2.09. The third-order valence-electron chi connectivity index (χ3n) is 2.50. The molecule has 2 aromatic rings. The van der Waals surface area contributed by atoms with Gasteiger partial charge in [-0.05, 0) is 47.9 Å². The van der Waals surface area contributed by atoms with Gasteiger partial charge >= 0.3 is 0 Å². The van der Waals surface area contributed by atoms with Crippen molar-refractivity contribution in [2.45, 2.75) is 19.4 Å². The molecule has 2 heterocycles. The van der Waals surface area contributed by atoms with E-state index in [4.69, 9.17) is 5.73 Å². The topological polar surface area (TPSA) is 68.0 Å². The molecule has 1 unspecified atom stereocenters. The van der Waals surface area contributed by atoms with Crippen molar-refractivity contribution in [2.24, 2.45) is 0 Å². The van der Waals surface area contributed by atoms with Gasteiger partial charge in [-0.1, -0.05) is 6.07 Å². The fourth-order valence-corrected chi connectivity index (χ4v) is 2.37. The van der Waals surface area contributed by atoms with E-state index in [1.165, 1.54) is 5.56 Å². The Morgan fingerprint density at radius 2 is 2.33 bits per heavy atom. The molecule has 0 saturated heterocycles. The van der Waals surface area contributed by atoms with Crippen molar-refractivity contribution in [1.29, 1.82) is 0 Å². The van der Waals surface area contributed by atoms with Crippen LogP contribution in [-0.4, -0.2) is 16.9 Å². The number of amides is 1. The molecule has 0 fully saturated rings. The molecule has 0 spiro atoms. The van der Waals surface area contributed by atoms with Crippen LogP contribution in [0.4, 0.5) is 5.82 Å². The van der Waals surface area contributed by atoms with Crippen molar-refractivity contribution in [2.75, 3.05) is 5.73 Å². The SMILES string of the molecule is CC(Cc1ccsc1)NC(=O)c1cccc(N)n1. The summed E-state index contributed by atoms with van der Waals surface area (Å²) in [6, 6.07) is 7.16. The first-order valence-corrected chi connectivity index (χ1v) is 6.64. The van der Waals surface area contributed by atoms with E-state index in [9.17, 15) is 4.79 Å². The van der Waals surface area contributed by atoms with Gasteiger partial charge in [0.2, 0.25) is 0 Å². The summed E-state index contributed by atoms with van der Waals surface area (Å²) in [5.41, 5.74) is 7.13. The molecule has 0 bridgehead atoms. The standard InChI is InChI=1S/C13H15N3OS/c1-9(7-10-5-6-18-8-10)15-13(17)11-3-2-4-12(14)16-11/h2-6,8-9H,7H2,1H3,(H2,14,16)(H,15,17). The fourth-order valence-electron chi connectivity index (χ4n) is 1.69. The first kappa shape index (κ1) is 12.6. The fraction of sp³-hybridized carbons (Fsp3) is 0.231. The minimum atomic E-state index is -0.190. The van der Waals surface area contributed by atoms with Gasteiger partial charge in [0.15, 0.2) is 0 Å². The highest BCUT2D eigenvalue weighted by Gasteiger charge is 2.11. The molecule has 0 aliphatic rings. The number of hydrogen-bond acceptors (Lipinski definition) is 4. The van der Waals surface area contributed by atoms with E-state index in [0.717, 1.165) is 6.42 Å². The molecule has 0 saturated carbocycles. The second-order valence-electron chi connectivity index (χ2n) is 4.16. The molecule has 0 radical (unpaired) electrons. The van der Waals surface area contributed by atoms with E-state index >= 15 is 0 Å². The van der Waals surface area contributed by atoms with Gasteiger partial charge in [0.25, 0.3) is 5.91 Å². The van der Waals surface area contributed by atoms with Crippen molar-refractivity contribution in [3.63, 3.8) is 0 Å². The molecule has 18 heavy (non-hydrogen) atoms. The van der Waals surface area contributed by atoms with Gasteiger partial charge < -0.3 is 11.1 Å². The number of anilines is 1. The zero-order chi connectivity index (χ0) is 13.0. The number of hydrogen-bond donors (Lipinski definition) is 2. The minimum Gasteiger partial charge on any atom is -0.384 e. The van der Waals surface area contributed by atoms with Gasteiger partial charge in [0.05, 0.1) is 0 Å². The average molecular weight is 261 g/mol. The Bertz CT molecular complexity index is 525. The maximum atomic E-state index is 11.9. The van der Waals surface area contributed by atoms with Crippen molar-refractivity contribution in [1.82, 2.24) is 10.3 Å². The molecule has 1 amide bonds.